The molecular weight excluding hydrogens is 184 g/mol. The van der Waals surface area contributed by atoms with Crippen molar-refractivity contribution >= 4 is 0 Å². The second-order valence-corrected chi connectivity index (χ2v) is 4.81. The summed E-state index contributed by atoms with van der Waals surface area (Å²) in [6.45, 7) is 2.13. The fourth-order valence-electron chi connectivity index (χ4n) is 2.57. The average molecular weight is 204 g/mol. The third kappa shape index (κ3) is 2.82. The van der Waals surface area contributed by atoms with E-state index in [1.165, 1.54) is 30.4 Å². The topological polar surface area (TPSA) is 20.2 Å². The molecule has 0 bridgehead atoms. The Hall–Kier alpha value is -0.820. The van der Waals surface area contributed by atoms with E-state index in [0.717, 1.165) is 12.8 Å². The number of hydrogen-bond donors (Lipinski definition) is 1. The van der Waals surface area contributed by atoms with Crippen molar-refractivity contribution in [2.75, 3.05) is 0 Å². The molecule has 0 aromatic heterocycles. The smallest absolute Gasteiger partial charge is 0.0571 e. The lowest BCUT2D eigenvalue weighted by molar-refractivity contribution is 0.0700. The van der Waals surface area contributed by atoms with Crippen LogP contribution in [0.5, 0.6) is 0 Å². The minimum absolute atomic E-state index is 0.0701. The predicted octanol–water partition coefficient (Wildman–Crippen LogP) is 3.09. The van der Waals surface area contributed by atoms with E-state index in [-0.39, 0.29) is 6.10 Å². The van der Waals surface area contributed by atoms with Gasteiger partial charge in [-0.2, -0.15) is 0 Å². The Morgan fingerprint density at radius 2 is 2.07 bits per heavy atom. The Balaban J connectivity index is 2.01. The Morgan fingerprint density at radius 3 is 2.80 bits per heavy atom. The molecule has 1 heteroatoms. The fourth-order valence-corrected chi connectivity index (χ4v) is 2.57. The summed E-state index contributed by atoms with van der Waals surface area (Å²) in [7, 11) is 0. The van der Waals surface area contributed by atoms with Gasteiger partial charge in [-0.15, -0.1) is 0 Å². The highest BCUT2D eigenvalue weighted by Gasteiger charge is 2.22. The number of hydrogen-bond acceptors (Lipinski definition) is 1. The summed E-state index contributed by atoms with van der Waals surface area (Å²) >= 11 is 0. The molecule has 0 heterocycles. The van der Waals surface area contributed by atoms with Gasteiger partial charge in [0.2, 0.25) is 0 Å². The highest BCUT2D eigenvalue weighted by atomic mass is 16.3. The Labute approximate surface area is 92.1 Å². The molecule has 0 aliphatic heterocycles. The van der Waals surface area contributed by atoms with Crippen LogP contribution in [0.2, 0.25) is 0 Å². The third-order valence-corrected chi connectivity index (χ3v) is 3.45. The van der Waals surface area contributed by atoms with Crippen LogP contribution in [0.1, 0.15) is 36.8 Å². The van der Waals surface area contributed by atoms with Gasteiger partial charge in [0.15, 0.2) is 0 Å². The van der Waals surface area contributed by atoms with Crippen LogP contribution in [0, 0.1) is 12.8 Å². The summed E-state index contributed by atoms with van der Waals surface area (Å²) < 4.78 is 0. The van der Waals surface area contributed by atoms with Crippen molar-refractivity contribution in [1.29, 1.82) is 0 Å². The van der Waals surface area contributed by atoms with E-state index in [4.69, 9.17) is 0 Å². The van der Waals surface area contributed by atoms with Crippen molar-refractivity contribution in [1.82, 2.24) is 0 Å². The van der Waals surface area contributed by atoms with E-state index < -0.39 is 0 Å². The summed E-state index contributed by atoms with van der Waals surface area (Å²) in [5.41, 5.74) is 2.69. The van der Waals surface area contributed by atoms with E-state index in [2.05, 4.69) is 31.2 Å². The number of benzene rings is 1. The highest BCUT2D eigenvalue weighted by Crippen LogP contribution is 2.27. The Morgan fingerprint density at radius 1 is 1.27 bits per heavy atom. The molecule has 82 valence electrons. The Kier molecular flexibility index (Phi) is 3.42. The maximum absolute atomic E-state index is 9.90. The molecule has 0 spiro atoms. The summed E-state index contributed by atoms with van der Waals surface area (Å²) in [5, 5.41) is 9.90. The number of rotatable bonds is 2. The normalized spacial score (nSPS) is 26.5. The van der Waals surface area contributed by atoms with Crippen molar-refractivity contribution in [3.8, 4) is 0 Å². The molecule has 0 saturated heterocycles. The van der Waals surface area contributed by atoms with Crippen LogP contribution in [0.4, 0.5) is 0 Å². The molecule has 1 N–H and O–H groups in total. The first-order valence-corrected chi connectivity index (χ1v) is 5.99. The maximum atomic E-state index is 9.90. The average Bonchev–Trinajstić information content (AvgIpc) is 2.22. The molecule has 1 aromatic carbocycles. The first kappa shape index (κ1) is 10.7. The van der Waals surface area contributed by atoms with Crippen LogP contribution in [-0.4, -0.2) is 11.2 Å². The van der Waals surface area contributed by atoms with E-state index >= 15 is 0 Å². The third-order valence-electron chi connectivity index (χ3n) is 3.45. The molecule has 0 radical (unpaired) electrons. The number of aliphatic hydroxyl groups is 1. The van der Waals surface area contributed by atoms with Gasteiger partial charge in [0.05, 0.1) is 6.10 Å². The van der Waals surface area contributed by atoms with Crippen molar-refractivity contribution in [3.05, 3.63) is 35.4 Å². The second kappa shape index (κ2) is 4.80. The summed E-state index contributed by atoms with van der Waals surface area (Å²) in [6.07, 6.45) is 5.65. The van der Waals surface area contributed by atoms with Crippen LogP contribution >= 0.6 is 0 Å². The number of aliphatic hydroxyl groups excluding tert-OH is 1. The number of aryl methyl sites for hydroxylation is 1. The Bertz CT molecular complexity index is 319. The van der Waals surface area contributed by atoms with Crippen molar-refractivity contribution in [2.24, 2.45) is 5.92 Å². The zero-order valence-electron chi connectivity index (χ0n) is 9.45. The van der Waals surface area contributed by atoms with Gasteiger partial charge in [0, 0.05) is 0 Å². The SMILES string of the molecule is Cc1cccc(CC2CCCCC2O)c1. The lowest BCUT2D eigenvalue weighted by Gasteiger charge is -2.27. The molecule has 1 saturated carbocycles. The lowest BCUT2D eigenvalue weighted by atomic mass is 9.82. The van der Waals surface area contributed by atoms with Gasteiger partial charge in [0.1, 0.15) is 0 Å². The zero-order chi connectivity index (χ0) is 10.7. The largest absolute Gasteiger partial charge is 0.393 e. The van der Waals surface area contributed by atoms with Crippen LogP contribution in [0.25, 0.3) is 0 Å². The first-order valence-electron chi connectivity index (χ1n) is 5.99. The molecule has 1 aromatic rings. The van der Waals surface area contributed by atoms with Gasteiger partial charge in [-0.25, -0.2) is 0 Å². The van der Waals surface area contributed by atoms with E-state index in [1.54, 1.807) is 0 Å². The molecule has 2 rings (SSSR count). The van der Waals surface area contributed by atoms with Gasteiger partial charge >= 0.3 is 0 Å². The molecular formula is C14H20O. The fraction of sp³-hybridized carbons (Fsp3) is 0.571. The van der Waals surface area contributed by atoms with E-state index in [0.29, 0.717) is 5.92 Å². The second-order valence-electron chi connectivity index (χ2n) is 4.81. The highest BCUT2D eigenvalue weighted by molar-refractivity contribution is 5.22. The molecule has 1 aliphatic rings. The van der Waals surface area contributed by atoms with Gasteiger partial charge in [-0.1, -0.05) is 42.7 Å². The van der Waals surface area contributed by atoms with Crippen LogP contribution < -0.4 is 0 Å². The molecule has 1 nitrogen and oxygen atoms in total. The van der Waals surface area contributed by atoms with Crippen LogP contribution in [0.15, 0.2) is 24.3 Å². The van der Waals surface area contributed by atoms with Gasteiger partial charge in [-0.3, -0.25) is 0 Å². The monoisotopic (exact) mass is 204 g/mol. The summed E-state index contributed by atoms with van der Waals surface area (Å²) in [6, 6.07) is 8.65. The van der Waals surface area contributed by atoms with Gasteiger partial charge < -0.3 is 5.11 Å². The minimum Gasteiger partial charge on any atom is -0.393 e. The van der Waals surface area contributed by atoms with Crippen molar-refractivity contribution < 1.29 is 5.11 Å². The molecule has 1 fully saturated rings. The van der Waals surface area contributed by atoms with E-state index in [1.807, 2.05) is 0 Å². The van der Waals surface area contributed by atoms with Gasteiger partial charge in [0.25, 0.3) is 0 Å². The van der Waals surface area contributed by atoms with Crippen LogP contribution in [-0.2, 0) is 6.42 Å². The quantitative estimate of drug-likeness (QED) is 0.785. The van der Waals surface area contributed by atoms with Gasteiger partial charge in [-0.05, 0) is 37.7 Å². The van der Waals surface area contributed by atoms with Crippen LogP contribution in [0.3, 0.4) is 0 Å². The zero-order valence-corrected chi connectivity index (χ0v) is 9.45. The minimum atomic E-state index is -0.0701. The first-order chi connectivity index (χ1) is 7.25. The van der Waals surface area contributed by atoms with Crippen molar-refractivity contribution in [3.63, 3.8) is 0 Å². The maximum Gasteiger partial charge on any atom is 0.0571 e. The molecule has 1 aliphatic carbocycles. The molecule has 15 heavy (non-hydrogen) atoms. The van der Waals surface area contributed by atoms with Crippen molar-refractivity contribution in [2.45, 2.75) is 45.1 Å². The molecule has 0 amide bonds. The predicted molar refractivity (Wildman–Crippen MR) is 62.8 cm³/mol. The standard InChI is InChI=1S/C14H20O/c1-11-5-4-6-12(9-11)10-13-7-2-3-8-14(13)15/h4-6,9,13-15H,2-3,7-8,10H2,1H3. The summed E-state index contributed by atoms with van der Waals surface area (Å²) in [5.74, 6) is 0.487. The lowest BCUT2D eigenvalue weighted by Crippen LogP contribution is -2.26. The molecule has 2 unspecified atom stereocenters. The summed E-state index contributed by atoms with van der Waals surface area (Å²) in [4.78, 5) is 0. The van der Waals surface area contributed by atoms with E-state index in [9.17, 15) is 5.11 Å². The molecule has 2 atom stereocenters.